The number of carbonyl (C=O) groups excluding carboxylic acids is 1. The molecule has 0 saturated heterocycles. The molecule has 2 aromatic rings. The molecule has 0 radical (unpaired) electrons. The fourth-order valence-electron chi connectivity index (χ4n) is 4.00. The van der Waals surface area contributed by atoms with E-state index in [-0.39, 0.29) is 12.1 Å². The van der Waals surface area contributed by atoms with E-state index >= 15 is 0 Å². The first-order valence-electron chi connectivity index (χ1n) is 8.76. The lowest BCUT2D eigenvalue weighted by atomic mass is 9.93. The Morgan fingerprint density at radius 1 is 1.00 bits per heavy atom. The normalized spacial score (nSPS) is 23.8. The molecule has 24 heavy (non-hydrogen) atoms. The van der Waals surface area contributed by atoms with Gasteiger partial charge in [0.1, 0.15) is 6.61 Å². The predicted octanol–water partition coefficient (Wildman–Crippen LogP) is 4.64. The predicted molar refractivity (Wildman–Crippen MR) is 93.6 cm³/mol. The van der Waals surface area contributed by atoms with Crippen LogP contribution in [0.5, 0.6) is 0 Å². The summed E-state index contributed by atoms with van der Waals surface area (Å²) < 4.78 is 5.41. The minimum Gasteiger partial charge on any atom is -0.445 e. The summed E-state index contributed by atoms with van der Waals surface area (Å²) in [6.07, 6.45) is 4.55. The number of ether oxygens (including phenoxy) is 1. The Labute approximate surface area is 143 Å². The summed E-state index contributed by atoms with van der Waals surface area (Å²) in [6.45, 7) is 0.320. The molecule has 0 aromatic heterocycles. The van der Waals surface area contributed by atoms with E-state index in [4.69, 9.17) is 4.74 Å². The van der Waals surface area contributed by atoms with Gasteiger partial charge in [-0.2, -0.15) is 0 Å². The highest BCUT2D eigenvalue weighted by atomic mass is 16.5. The van der Waals surface area contributed by atoms with E-state index in [2.05, 4.69) is 29.6 Å². The lowest BCUT2D eigenvalue weighted by Crippen LogP contribution is -2.37. The standard InChI is InChI=1S/C21H23NO2/c23-20(24-15-16-7-3-1-4-8-16)22-19-14-21(11-12-21)13-18(19)17-9-5-2-6-10-17/h1-10,18-19H,11-15H2,(H,22,23). The van der Waals surface area contributed by atoms with E-state index < -0.39 is 0 Å². The van der Waals surface area contributed by atoms with Gasteiger partial charge in [-0.3, -0.25) is 0 Å². The van der Waals surface area contributed by atoms with Gasteiger partial charge < -0.3 is 10.1 Å². The molecule has 1 N–H and O–H groups in total. The van der Waals surface area contributed by atoms with Gasteiger partial charge in [0.05, 0.1) is 0 Å². The molecule has 124 valence electrons. The third kappa shape index (κ3) is 3.30. The van der Waals surface area contributed by atoms with E-state index in [1.165, 1.54) is 24.8 Å². The van der Waals surface area contributed by atoms with E-state index in [1.54, 1.807) is 0 Å². The molecule has 2 saturated carbocycles. The number of benzene rings is 2. The third-order valence-electron chi connectivity index (χ3n) is 5.49. The van der Waals surface area contributed by atoms with Gasteiger partial charge in [0.15, 0.2) is 0 Å². The zero-order valence-corrected chi connectivity index (χ0v) is 13.8. The molecule has 2 aliphatic rings. The summed E-state index contributed by atoms with van der Waals surface area (Å²) in [4.78, 5) is 12.2. The Balaban J connectivity index is 1.39. The molecule has 2 atom stereocenters. The summed E-state index contributed by atoms with van der Waals surface area (Å²) in [7, 11) is 0. The van der Waals surface area contributed by atoms with Gasteiger partial charge in [0, 0.05) is 12.0 Å². The molecule has 0 aliphatic heterocycles. The summed E-state index contributed by atoms with van der Waals surface area (Å²) in [5.74, 6) is 0.401. The molecule has 0 heterocycles. The van der Waals surface area contributed by atoms with Crippen molar-refractivity contribution < 1.29 is 9.53 Å². The lowest BCUT2D eigenvalue weighted by molar-refractivity contribution is 0.134. The first kappa shape index (κ1) is 15.3. The van der Waals surface area contributed by atoms with Gasteiger partial charge in [-0.15, -0.1) is 0 Å². The fourth-order valence-corrected chi connectivity index (χ4v) is 4.00. The number of amides is 1. The van der Waals surface area contributed by atoms with Gasteiger partial charge in [-0.05, 0) is 42.2 Å². The van der Waals surface area contributed by atoms with Crippen LogP contribution in [0.25, 0.3) is 0 Å². The van der Waals surface area contributed by atoms with E-state index in [9.17, 15) is 4.79 Å². The van der Waals surface area contributed by atoms with Crippen molar-refractivity contribution in [2.75, 3.05) is 0 Å². The quantitative estimate of drug-likeness (QED) is 0.891. The Morgan fingerprint density at radius 2 is 1.67 bits per heavy atom. The highest BCUT2D eigenvalue weighted by Gasteiger charge is 2.53. The summed E-state index contributed by atoms with van der Waals surface area (Å²) in [5.41, 5.74) is 2.81. The smallest absolute Gasteiger partial charge is 0.407 e. The van der Waals surface area contributed by atoms with Crippen LogP contribution in [0, 0.1) is 5.41 Å². The first-order chi connectivity index (χ1) is 11.7. The minimum absolute atomic E-state index is 0.179. The molecule has 2 unspecified atom stereocenters. The number of carbonyl (C=O) groups is 1. The van der Waals surface area contributed by atoms with Crippen LogP contribution in [-0.2, 0) is 11.3 Å². The Hall–Kier alpha value is -2.29. The number of rotatable bonds is 4. The van der Waals surface area contributed by atoms with Crippen molar-refractivity contribution >= 4 is 6.09 Å². The van der Waals surface area contributed by atoms with Crippen molar-refractivity contribution in [2.24, 2.45) is 5.41 Å². The molecule has 2 fully saturated rings. The highest BCUT2D eigenvalue weighted by Crippen LogP contribution is 2.61. The zero-order chi connectivity index (χ0) is 16.4. The molecule has 1 spiro atoms. The monoisotopic (exact) mass is 321 g/mol. The molecule has 3 heteroatoms. The Morgan fingerprint density at radius 3 is 2.33 bits per heavy atom. The van der Waals surface area contributed by atoms with Crippen LogP contribution in [0.4, 0.5) is 4.79 Å². The number of hydrogen-bond donors (Lipinski definition) is 1. The molecule has 2 aromatic carbocycles. The van der Waals surface area contributed by atoms with Crippen LogP contribution in [0.2, 0.25) is 0 Å². The maximum Gasteiger partial charge on any atom is 0.407 e. The number of hydrogen-bond acceptors (Lipinski definition) is 2. The van der Waals surface area contributed by atoms with Crippen molar-refractivity contribution in [1.29, 1.82) is 0 Å². The van der Waals surface area contributed by atoms with Crippen LogP contribution in [0.3, 0.4) is 0 Å². The van der Waals surface area contributed by atoms with Crippen LogP contribution in [-0.4, -0.2) is 12.1 Å². The molecule has 1 amide bonds. The molecule has 0 bridgehead atoms. The fraction of sp³-hybridized carbons (Fsp3) is 0.381. The lowest BCUT2D eigenvalue weighted by Gasteiger charge is -2.21. The average Bonchev–Trinajstić information content (AvgIpc) is 3.28. The van der Waals surface area contributed by atoms with E-state index in [0.29, 0.717) is 17.9 Å². The topological polar surface area (TPSA) is 38.3 Å². The molecule has 4 rings (SSSR count). The molecule has 2 aliphatic carbocycles. The minimum atomic E-state index is -0.303. The Bertz CT molecular complexity index is 694. The number of alkyl carbamates (subject to hydrolysis) is 1. The van der Waals surface area contributed by atoms with Gasteiger partial charge in [0.25, 0.3) is 0 Å². The van der Waals surface area contributed by atoms with Crippen molar-refractivity contribution in [3.8, 4) is 0 Å². The number of nitrogens with one attached hydrogen (secondary N) is 1. The van der Waals surface area contributed by atoms with Gasteiger partial charge in [-0.25, -0.2) is 4.79 Å². The molecule has 3 nitrogen and oxygen atoms in total. The summed E-state index contributed by atoms with van der Waals surface area (Å²) >= 11 is 0. The van der Waals surface area contributed by atoms with Crippen LogP contribution in [0.15, 0.2) is 60.7 Å². The second-order valence-corrected chi connectivity index (χ2v) is 7.24. The maximum absolute atomic E-state index is 12.2. The van der Waals surface area contributed by atoms with Gasteiger partial charge in [-0.1, -0.05) is 60.7 Å². The van der Waals surface area contributed by atoms with Crippen molar-refractivity contribution in [2.45, 2.75) is 44.2 Å². The van der Waals surface area contributed by atoms with Crippen LogP contribution < -0.4 is 5.32 Å². The average molecular weight is 321 g/mol. The molecular formula is C21H23NO2. The first-order valence-corrected chi connectivity index (χ1v) is 8.76. The second-order valence-electron chi connectivity index (χ2n) is 7.24. The maximum atomic E-state index is 12.2. The van der Waals surface area contributed by atoms with Gasteiger partial charge in [0.2, 0.25) is 0 Å². The highest BCUT2D eigenvalue weighted by molar-refractivity contribution is 5.68. The van der Waals surface area contributed by atoms with Crippen molar-refractivity contribution in [3.63, 3.8) is 0 Å². The Kier molecular flexibility index (Phi) is 4.01. The second kappa shape index (κ2) is 6.31. The van der Waals surface area contributed by atoms with Gasteiger partial charge >= 0.3 is 6.09 Å². The third-order valence-corrected chi connectivity index (χ3v) is 5.49. The summed E-state index contributed by atoms with van der Waals surface area (Å²) in [5, 5.41) is 3.13. The van der Waals surface area contributed by atoms with Crippen molar-refractivity contribution in [3.05, 3.63) is 71.8 Å². The zero-order valence-electron chi connectivity index (χ0n) is 13.8. The SMILES string of the molecule is O=C(NC1CC2(CC2)CC1c1ccccc1)OCc1ccccc1. The van der Waals surface area contributed by atoms with E-state index in [0.717, 1.165) is 12.0 Å². The van der Waals surface area contributed by atoms with E-state index in [1.807, 2.05) is 36.4 Å². The summed E-state index contributed by atoms with van der Waals surface area (Å²) in [6, 6.07) is 20.5. The van der Waals surface area contributed by atoms with Crippen LogP contribution in [0.1, 0.15) is 42.7 Å². The van der Waals surface area contributed by atoms with Crippen molar-refractivity contribution in [1.82, 2.24) is 5.32 Å². The molecular weight excluding hydrogens is 298 g/mol. The van der Waals surface area contributed by atoms with Crippen LogP contribution >= 0.6 is 0 Å². The largest absolute Gasteiger partial charge is 0.445 e.